The SMILES string of the molecule is CC(C)c1ccc(Nc2cn[nH]c(=O)n2)cc1. The largest absolute Gasteiger partial charge is 0.363 e. The number of benzene rings is 1. The molecule has 0 aliphatic rings. The average Bonchev–Trinajstić information content (AvgIpc) is 2.29. The topological polar surface area (TPSA) is 70.7 Å². The molecule has 0 bridgehead atoms. The summed E-state index contributed by atoms with van der Waals surface area (Å²) in [6, 6.07) is 8.01. The fourth-order valence-corrected chi connectivity index (χ4v) is 1.47. The molecule has 0 aliphatic carbocycles. The summed E-state index contributed by atoms with van der Waals surface area (Å²) in [7, 11) is 0. The van der Waals surface area contributed by atoms with E-state index < -0.39 is 5.69 Å². The Hall–Kier alpha value is -2.17. The minimum atomic E-state index is -0.464. The molecule has 0 spiro atoms. The second-order valence-corrected chi connectivity index (χ2v) is 4.07. The van der Waals surface area contributed by atoms with Crippen LogP contribution in [0.2, 0.25) is 0 Å². The van der Waals surface area contributed by atoms with Crippen LogP contribution in [-0.2, 0) is 0 Å². The maximum atomic E-state index is 11.0. The van der Waals surface area contributed by atoms with Crippen LogP contribution in [0.1, 0.15) is 25.3 Å². The Morgan fingerprint density at radius 2 is 1.94 bits per heavy atom. The first kappa shape index (κ1) is 11.3. The number of rotatable bonds is 3. The number of nitrogens with zero attached hydrogens (tertiary/aromatic N) is 2. The second kappa shape index (κ2) is 4.78. The van der Waals surface area contributed by atoms with Crippen LogP contribution < -0.4 is 11.0 Å². The maximum absolute atomic E-state index is 11.0. The lowest BCUT2D eigenvalue weighted by molar-refractivity contribution is 0.867. The summed E-state index contributed by atoms with van der Waals surface area (Å²) < 4.78 is 0. The molecule has 2 rings (SSSR count). The van der Waals surface area contributed by atoms with Crippen LogP contribution in [0.4, 0.5) is 11.5 Å². The number of hydrogen-bond acceptors (Lipinski definition) is 4. The van der Waals surface area contributed by atoms with Gasteiger partial charge in [0.05, 0.1) is 6.20 Å². The lowest BCUT2D eigenvalue weighted by Gasteiger charge is -2.07. The molecule has 2 aromatic rings. The van der Waals surface area contributed by atoms with Gasteiger partial charge in [-0.1, -0.05) is 26.0 Å². The number of H-pyrrole nitrogens is 1. The molecule has 5 nitrogen and oxygen atoms in total. The van der Waals surface area contributed by atoms with E-state index in [9.17, 15) is 4.79 Å². The molecule has 1 aromatic carbocycles. The number of aromatic amines is 1. The van der Waals surface area contributed by atoms with Crippen LogP contribution in [0.3, 0.4) is 0 Å². The van der Waals surface area contributed by atoms with Gasteiger partial charge in [-0.2, -0.15) is 10.1 Å². The molecule has 88 valence electrons. The van der Waals surface area contributed by atoms with E-state index in [0.29, 0.717) is 11.7 Å². The van der Waals surface area contributed by atoms with Crippen molar-refractivity contribution in [3.05, 3.63) is 46.5 Å². The molecule has 0 unspecified atom stereocenters. The minimum absolute atomic E-state index is 0.436. The zero-order chi connectivity index (χ0) is 12.3. The summed E-state index contributed by atoms with van der Waals surface area (Å²) in [5, 5.41) is 8.91. The van der Waals surface area contributed by atoms with Crippen LogP contribution in [0, 0.1) is 0 Å². The molecular formula is C12H14N4O. The van der Waals surface area contributed by atoms with E-state index in [1.807, 2.05) is 24.3 Å². The molecule has 0 fully saturated rings. The van der Waals surface area contributed by atoms with Gasteiger partial charge in [-0.15, -0.1) is 0 Å². The minimum Gasteiger partial charge on any atom is -0.339 e. The number of nitrogens with one attached hydrogen (secondary N) is 2. The van der Waals surface area contributed by atoms with E-state index in [2.05, 4.69) is 34.3 Å². The van der Waals surface area contributed by atoms with Crippen molar-refractivity contribution >= 4 is 11.5 Å². The highest BCUT2D eigenvalue weighted by Crippen LogP contribution is 2.18. The van der Waals surface area contributed by atoms with Gasteiger partial charge in [-0.05, 0) is 23.6 Å². The smallest absolute Gasteiger partial charge is 0.339 e. The molecule has 0 saturated carbocycles. The number of hydrogen-bond donors (Lipinski definition) is 2. The molecular weight excluding hydrogens is 216 g/mol. The van der Waals surface area contributed by atoms with Crippen molar-refractivity contribution in [2.24, 2.45) is 0 Å². The predicted molar refractivity (Wildman–Crippen MR) is 66.5 cm³/mol. The van der Waals surface area contributed by atoms with Crippen LogP contribution in [0.15, 0.2) is 35.3 Å². The van der Waals surface area contributed by atoms with E-state index in [0.717, 1.165) is 5.69 Å². The van der Waals surface area contributed by atoms with Crippen molar-refractivity contribution in [2.45, 2.75) is 19.8 Å². The van der Waals surface area contributed by atoms with Crippen LogP contribution in [-0.4, -0.2) is 15.2 Å². The van der Waals surface area contributed by atoms with Crippen LogP contribution in [0.5, 0.6) is 0 Å². The molecule has 1 aromatic heterocycles. The van der Waals surface area contributed by atoms with Gasteiger partial charge in [-0.25, -0.2) is 9.89 Å². The van der Waals surface area contributed by atoms with Crippen molar-refractivity contribution < 1.29 is 0 Å². The molecule has 17 heavy (non-hydrogen) atoms. The molecule has 0 atom stereocenters. The summed E-state index contributed by atoms with van der Waals surface area (Å²) in [6.07, 6.45) is 1.47. The first-order valence-electron chi connectivity index (χ1n) is 5.44. The highest BCUT2D eigenvalue weighted by molar-refractivity contribution is 5.55. The third-order valence-electron chi connectivity index (χ3n) is 2.42. The molecule has 0 saturated heterocycles. The predicted octanol–water partition coefficient (Wildman–Crippen LogP) is 2.03. The quantitative estimate of drug-likeness (QED) is 0.846. The first-order valence-corrected chi connectivity index (χ1v) is 5.44. The summed E-state index contributed by atoms with van der Waals surface area (Å²) >= 11 is 0. The third kappa shape index (κ3) is 2.90. The van der Waals surface area contributed by atoms with E-state index in [-0.39, 0.29) is 0 Å². The summed E-state index contributed by atoms with van der Waals surface area (Å²) in [6.45, 7) is 4.29. The average molecular weight is 230 g/mol. The zero-order valence-corrected chi connectivity index (χ0v) is 9.77. The Balaban J connectivity index is 2.16. The van der Waals surface area contributed by atoms with E-state index in [4.69, 9.17) is 0 Å². The van der Waals surface area contributed by atoms with Gasteiger partial charge in [-0.3, -0.25) is 0 Å². The van der Waals surface area contributed by atoms with Gasteiger partial charge >= 0.3 is 5.69 Å². The molecule has 0 amide bonds. The Labute approximate surface area is 98.9 Å². The number of aromatic nitrogens is 3. The first-order chi connectivity index (χ1) is 8.15. The van der Waals surface area contributed by atoms with Gasteiger partial charge in [0.1, 0.15) is 0 Å². The Morgan fingerprint density at radius 3 is 2.53 bits per heavy atom. The second-order valence-electron chi connectivity index (χ2n) is 4.07. The van der Waals surface area contributed by atoms with E-state index in [1.165, 1.54) is 11.8 Å². The zero-order valence-electron chi connectivity index (χ0n) is 9.77. The fourth-order valence-electron chi connectivity index (χ4n) is 1.47. The molecule has 5 heteroatoms. The Morgan fingerprint density at radius 1 is 1.24 bits per heavy atom. The van der Waals surface area contributed by atoms with E-state index >= 15 is 0 Å². The van der Waals surface area contributed by atoms with Crippen molar-refractivity contribution in [1.29, 1.82) is 0 Å². The van der Waals surface area contributed by atoms with Crippen LogP contribution >= 0.6 is 0 Å². The lowest BCUT2D eigenvalue weighted by Crippen LogP contribution is -2.13. The molecule has 0 radical (unpaired) electrons. The molecule has 2 N–H and O–H groups in total. The third-order valence-corrected chi connectivity index (χ3v) is 2.42. The maximum Gasteiger partial charge on any atom is 0.363 e. The van der Waals surface area contributed by atoms with E-state index in [1.54, 1.807) is 0 Å². The fraction of sp³-hybridized carbons (Fsp3) is 0.250. The Bertz CT molecular complexity index is 545. The van der Waals surface area contributed by atoms with Gasteiger partial charge in [0, 0.05) is 5.69 Å². The highest BCUT2D eigenvalue weighted by Gasteiger charge is 2.00. The normalized spacial score (nSPS) is 10.5. The van der Waals surface area contributed by atoms with Crippen molar-refractivity contribution in [1.82, 2.24) is 15.2 Å². The standard InChI is InChI=1S/C12H14N4O/c1-8(2)9-3-5-10(6-4-9)14-11-7-13-16-12(17)15-11/h3-8H,1-2H3,(H2,14,15,16,17). The van der Waals surface area contributed by atoms with Crippen molar-refractivity contribution in [3.63, 3.8) is 0 Å². The summed E-state index contributed by atoms with van der Waals surface area (Å²) in [5.74, 6) is 0.939. The van der Waals surface area contributed by atoms with Gasteiger partial charge < -0.3 is 5.32 Å². The van der Waals surface area contributed by atoms with Crippen molar-refractivity contribution in [2.75, 3.05) is 5.32 Å². The molecule has 0 aliphatic heterocycles. The summed E-state index contributed by atoms with van der Waals surface area (Å²) in [5.41, 5.74) is 1.69. The number of anilines is 2. The van der Waals surface area contributed by atoms with Gasteiger partial charge in [0.25, 0.3) is 0 Å². The highest BCUT2D eigenvalue weighted by atomic mass is 16.1. The van der Waals surface area contributed by atoms with Gasteiger partial charge in [0.15, 0.2) is 5.82 Å². The lowest BCUT2D eigenvalue weighted by atomic mass is 10.0. The molecule has 1 heterocycles. The van der Waals surface area contributed by atoms with Crippen LogP contribution in [0.25, 0.3) is 0 Å². The van der Waals surface area contributed by atoms with Crippen molar-refractivity contribution in [3.8, 4) is 0 Å². The van der Waals surface area contributed by atoms with Gasteiger partial charge in [0.2, 0.25) is 0 Å². The Kier molecular flexibility index (Phi) is 3.18. The summed E-state index contributed by atoms with van der Waals surface area (Å²) in [4.78, 5) is 14.7. The monoisotopic (exact) mass is 230 g/mol.